The molecular weight excluding hydrogens is 428 g/mol. The highest BCUT2D eigenvalue weighted by molar-refractivity contribution is 7.22. The summed E-state index contributed by atoms with van der Waals surface area (Å²) in [5, 5.41) is 1.87. The van der Waals surface area contributed by atoms with Gasteiger partial charge in [0.2, 0.25) is 0 Å². The number of imidazole rings is 1. The van der Waals surface area contributed by atoms with E-state index < -0.39 is 0 Å². The molecule has 3 aromatic heterocycles. The molecule has 0 unspecified atom stereocenters. The van der Waals surface area contributed by atoms with E-state index in [0.29, 0.717) is 24.1 Å². The lowest BCUT2D eigenvalue weighted by Gasteiger charge is -2.27. The quantitative estimate of drug-likeness (QED) is 0.375. The Kier molecular flexibility index (Phi) is 5.44. The number of aromatic nitrogens is 3. The first-order valence-electron chi connectivity index (χ1n) is 10.8. The molecule has 0 atom stereocenters. The number of carbonyl (C=O) groups is 1. The van der Waals surface area contributed by atoms with Crippen LogP contribution in [0.1, 0.15) is 57.2 Å². The molecule has 1 aliphatic rings. The normalized spacial score (nSPS) is 19.3. The Morgan fingerprint density at radius 2 is 2.10 bits per heavy atom. The summed E-state index contributed by atoms with van der Waals surface area (Å²) in [7, 11) is 0. The second kappa shape index (κ2) is 8.24. The minimum Gasteiger partial charge on any atom is -0.382 e. The molecule has 3 heterocycles. The number of nitrogen functional groups attached to an aromatic ring is 1. The van der Waals surface area contributed by atoms with Gasteiger partial charge in [0, 0.05) is 24.7 Å². The number of rotatable bonds is 5. The number of Topliss-reactive ketones (excluding diaryl/α,β-unsaturated/α-hetero) is 1. The van der Waals surface area contributed by atoms with Crippen molar-refractivity contribution in [2.24, 2.45) is 5.92 Å². The van der Waals surface area contributed by atoms with Crippen molar-refractivity contribution in [3.8, 4) is 10.6 Å². The third-order valence-corrected chi connectivity index (χ3v) is 8.07. The summed E-state index contributed by atoms with van der Waals surface area (Å²) in [6, 6.07) is 8.10. The Morgan fingerprint density at radius 3 is 2.84 bits per heavy atom. The van der Waals surface area contributed by atoms with E-state index in [9.17, 15) is 4.79 Å². The van der Waals surface area contributed by atoms with Crippen LogP contribution < -0.4 is 5.73 Å². The molecule has 0 amide bonds. The number of carbonyl (C=O) groups excluding carboxylic acids is 1. The first-order chi connectivity index (χ1) is 15.0. The zero-order valence-corrected chi connectivity index (χ0v) is 19.0. The lowest BCUT2D eigenvalue weighted by molar-refractivity contribution is -0.117. The summed E-state index contributed by atoms with van der Waals surface area (Å²) in [4.78, 5) is 21.9. The molecule has 1 aromatic carbocycles. The number of fused-ring (bicyclic) bond motifs is 2. The minimum atomic E-state index is 0.289. The molecule has 0 bridgehead atoms. The highest BCUT2D eigenvalue weighted by Gasteiger charge is 2.28. The Morgan fingerprint density at radius 1 is 1.29 bits per heavy atom. The number of benzene rings is 1. The summed E-state index contributed by atoms with van der Waals surface area (Å²) in [5.74, 6) is 2.87. The van der Waals surface area contributed by atoms with Crippen LogP contribution in [0, 0.1) is 5.92 Å². The molecule has 0 saturated heterocycles. The van der Waals surface area contributed by atoms with Crippen LogP contribution in [-0.4, -0.2) is 20.2 Å². The van der Waals surface area contributed by atoms with Crippen molar-refractivity contribution in [3.63, 3.8) is 0 Å². The highest BCUT2D eigenvalue weighted by Crippen LogP contribution is 2.42. The molecule has 160 valence electrons. The summed E-state index contributed by atoms with van der Waals surface area (Å²) >= 11 is 8.07. The fourth-order valence-electron chi connectivity index (χ4n) is 4.81. The van der Waals surface area contributed by atoms with Gasteiger partial charge in [0.05, 0.1) is 14.6 Å². The highest BCUT2D eigenvalue weighted by atomic mass is 35.5. The lowest BCUT2D eigenvalue weighted by Crippen LogP contribution is -2.16. The van der Waals surface area contributed by atoms with Gasteiger partial charge in [-0.15, -0.1) is 11.3 Å². The first kappa shape index (κ1) is 20.5. The van der Waals surface area contributed by atoms with E-state index in [1.54, 1.807) is 24.5 Å². The second-order valence-electron chi connectivity index (χ2n) is 8.58. The zero-order valence-electron chi connectivity index (χ0n) is 17.5. The smallest absolute Gasteiger partial charge is 0.150 e. The number of hydrogen-bond donors (Lipinski definition) is 1. The van der Waals surface area contributed by atoms with Crippen LogP contribution in [0.3, 0.4) is 0 Å². The standard InChI is InChI=1S/C24H25ClN4OS/c1-14(30)5-6-15-7-9-16(10-8-15)24-28-20(21-23(26)27-11-12-29(21)24)19-13-17-3-2-4-18(25)22(17)31-19/h2-4,11-13,15-16H,5-10H2,1H3,(H2,26,27). The van der Waals surface area contributed by atoms with Crippen LogP contribution in [0.2, 0.25) is 5.02 Å². The van der Waals surface area contributed by atoms with E-state index in [2.05, 4.69) is 21.5 Å². The van der Waals surface area contributed by atoms with Gasteiger partial charge in [-0.2, -0.15) is 0 Å². The van der Waals surface area contributed by atoms with Gasteiger partial charge < -0.3 is 10.5 Å². The molecular formula is C24H25ClN4OS. The largest absolute Gasteiger partial charge is 0.382 e. The molecule has 2 N–H and O–H groups in total. The van der Waals surface area contributed by atoms with Gasteiger partial charge >= 0.3 is 0 Å². The Labute approximate surface area is 190 Å². The summed E-state index contributed by atoms with van der Waals surface area (Å²) in [6.07, 6.45) is 9.88. The van der Waals surface area contributed by atoms with E-state index in [-0.39, 0.29) is 5.78 Å². The van der Waals surface area contributed by atoms with Crippen LogP contribution in [0.5, 0.6) is 0 Å². The number of anilines is 1. The molecule has 7 heteroatoms. The molecule has 5 rings (SSSR count). The molecule has 0 aliphatic heterocycles. The first-order valence-corrected chi connectivity index (χ1v) is 12.0. The van der Waals surface area contributed by atoms with Gasteiger partial charge in [-0.3, -0.25) is 4.40 Å². The Bertz CT molecular complexity index is 1270. The number of ketones is 1. The van der Waals surface area contributed by atoms with Crippen LogP contribution in [0.4, 0.5) is 5.82 Å². The SMILES string of the molecule is CC(=O)CCC1CCC(c2nc(-c3cc4cccc(Cl)c4s3)c3c(N)nccn23)CC1. The van der Waals surface area contributed by atoms with Gasteiger partial charge in [0.25, 0.3) is 0 Å². The molecule has 1 aliphatic carbocycles. The van der Waals surface area contributed by atoms with Crippen LogP contribution in [0.15, 0.2) is 36.7 Å². The van der Waals surface area contributed by atoms with Crippen molar-refractivity contribution in [2.45, 2.75) is 51.4 Å². The average Bonchev–Trinajstić information content (AvgIpc) is 3.36. The van der Waals surface area contributed by atoms with Crippen molar-refractivity contribution < 1.29 is 4.79 Å². The Hall–Kier alpha value is -2.44. The fraction of sp³-hybridized carbons (Fsp3) is 0.375. The van der Waals surface area contributed by atoms with Crippen molar-refractivity contribution in [2.75, 3.05) is 5.73 Å². The number of thiophene rings is 1. The topological polar surface area (TPSA) is 73.3 Å². The number of nitrogens with two attached hydrogens (primary N) is 1. The van der Waals surface area contributed by atoms with Crippen LogP contribution >= 0.6 is 22.9 Å². The predicted molar refractivity (Wildman–Crippen MR) is 128 cm³/mol. The molecule has 1 saturated carbocycles. The van der Waals surface area contributed by atoms with E-state index in [0.717, 1.165) is 69.1 Å². The number of nitrogens with zero attached hydrogens (tertiary/aromatic N) is 3. The van der Waals surface area contributed by atoms with Gasteiger partial charge in [-0.1, -0.05) is 23.7 Å². The summed E-state index contributed by atoms with van der Waals surface area (Å²) in [5.41, 5.74) is 8.09. The van der Waals surface area contributed by atoms with Crippen molar-refractivity contribution in [1.29, 1.82) is 0 Å². The van der Waals surface area contributed by atoms with Crippen molar-refractivity contribution in [1.82, 2.24) is 14.4 Å². The molecule has 5 nitrogen and oxygen atoms in total. The predicted octanol–water partition coefficient (Wildman–Crippen LogP) is 6.49. The van der Waals surface area contributed by atoms with E-state index in [1.807, 2.05) is 18.3 Å². The average molecular weight is 453 g/mol. The van der Waals surface area contributed by atoms with Gasteiger partial charge in [0.1, 0.15) is 28.6 Å². The molecule has 4 aromatic rings. The third kappa shape index (κ3) is 3.83. The molecule has 1 fully saturated rings. The minimum absolute atomic E-state index is 0.289. The number of halogens is 1. The van der Waals surface area contributed by atoms with Gasteiger partial charge in [-0.25, -0.2) is 9.97 Å². The molecule has 0 radical (unpaired) electrons. The Balaban J connectivity index is 1.51. The lowest BCUT2D eigenvalue weighted by atomic mass is 9.79. The van der Waals surface area contributed by atoms with Crippen molar-refractivity contribution >= 4 is 50.1 Å². The van der Waals surface area contributed by atoms with E-state index >= 15 is 0 Å². The maximum absolute atomic E-state index is 11.3. The van der Waals surface area contributed by atoms with Gasteiger partial charge in [0.15, 0.2) is 0 Å². The fourth-order valence-corrected chi connectivity index (χ4v) is 6.16. The maximum Gasteiger partial charge on any atom is 0.150 e. The van der Waals surface area contributed by atoms with E-state index in [1.165, 1.54) is 0 Å². The maximum atomic E-state index is 11.3. The number of hydrogen-bond acceptors (Lipinski definition) is 5. The van der Waals surface area contributed by atoms with Gasteiger partial charge in [-0.05, 0) is 62.5 Å². The van der Waals surface area contributed by atoms with E-state index in [4.69, 9.17) is 22.3 Å². The van der Waals surface area contributed by atoms with Crippen molar-refractivity contribution in [3.05, 3.63) is 47.5 Å². The zero-order chi connectivity index (χ0) is 21.5. The van der Waals surface area contributed by atoms with Crippen LogP contribution in [-0.2, 0) is 4.79 Å². The molecule has 0 spiro atoms. The molecule has 31 heavy (non-hydrogen) atoms. The second-order valence-corrected chi connectivity index (χ2v) is 10.0. The summed E-state index contributed by atoms with van der Waals surface area (Å²) < 4.78 is 3.19. The third-order valence-electron chi connectivity index (χ3n) is 6.46. The summed E-state index contributed by atoms with van der Waals surface area (Å²) in [6.45, 7) is 1.68. The van der Waals surface area contributed by atoms with Crippen LogP contribution in [0.25, 0.3) is 26.2 Å². The monoisotopic (exact) mass is 452 g/mol.